The fraction of sp³-hybridized carbons (Fsp3) is 0.529. The van der Waals surface area contributed by atoms with Crippen LogP contribution < -0.4 is 20.7 Å². The van der Waals surface area contributed by atoms with E-state index in [4.69, 9.17) is 9.47 Å². The second kappa shape index (κ2) is 16.7. The minimum Gasteiger partial charge on any atom is -0.494 e. The molecule has 1 saturated heterocycles. The maximum Gasteiger partial charge on any atom is 0.407 e. The summed E-state index contributed by atoms with van der Waals surface area (Å²) in [5.41, 5.74) is 2.98. The lowest BCUT2D eigenvalue weighted by molar-refractivity contribution is -0.132. The normalized spacial score (nSPS) is 21.6. The number of unbranched alkanes of at least 4 members (excludes halogenated alkanes) is 1. The average Bonchev–Trinajstić information content (AvgIpc) is 3.50. The molecular formula is C34H46N4O6. The molecule has 0 aromatic heterocycles. The Bertz CT molecular complexity index is 1270. The molecule has 3 N–H and O–H groups in total. The zero-order valence-corrected chi connectivity index (χ0v) is 25.9. The lowest BCUT2D eigenvalue weighted by Crippen LogP contribution is -2.54. The summed E-state index contributed by atoms with van der Waals surface area (Å²) < 4.78 is 11.3. The van der Waals surface area contributed by atoms with Crippen molar-refractivity contribution in [2.75, 3.05) is 26.3 Å². The van der Waals surface area contributed by atoms with Gasteiger partial charge in [-0.3, -0.25) is 14.4 Å². The second-order valence-corrected chi connectivity index (χ2v) is 11.7. The van der Waals surface area contributed by atoms with Gasteiger partial charge in [0.2, 0.25) is 17.7 Å². The number of carbonyl (C=O) groups excluding carboxylic acids is 4. The number of alkyl carbamates (subject to hydrolysis) is 1. The SMILES string of the molecule is CCCCOC(=O)N[C@H]1CCC(=O)N2CCC(CCOc3ccc(C)c(c3)CNC(=O)[C@H](CCc3ccccc3)NC1=O)C2. The molecule has 44 heavy (non-hydrogen) atoms. The third kappa shape index (κ3) is 9.99. The Morgan fingerprint density at radius 1 is 1.07 bits per heavy atom. The first-order valence-electron chi connectivity index (χ1n) is 15.9. The Labute approximate surface area is 260 Å². The molecule has 4 rings (SSSR count). The highest BCUT2D eigenvalue weighted by molar-refractivity contribution is 5.91. The van der Waals surface area contributed by atoms with E-state index in [9.17, 15) is 19.2 Å². The molecule has 2 aromatic rings. The maximum absolute atomic E-state index is 13.6. The molecule has 4 amide bonds. The average molecular weight is 607 g/mol. The predicted molar refractivity (Wildman–Crippen MR) is 167 cm³/mol. The summed E-state index contributed by atoms with van der Waals surface area (Å²) >= 11 is 0. The first-order chi connectivity index (χ1) is 21.3. The lowest BCUT2D eigenvalue weighted by atomic mass is 10.0. The fourth-order valence-electron chi connectivity index (χ4n) is 5.56. The van der Waals surface area contributed by atoms with Gasteiger partial charge in [-0.1, -0.05) is 49.7 Å². The van der Waals surface area contributed by atoms with Crippen LogP contribution in [0.15, 0.2) is 48.5 Å². The van der Waals surface area contributed by atoms with Crippen molar-refractivity contribution in [3.63, 3.8) is 0 Å². The van der Waals surface area contributed by atoms with Gasteiger partial charge in [-0.05, 0) is 80.2 Å². The molecular weight excluding hydrogens is 560 g/mol. The number of ether oxygens (including phenoxy) is 2. The maximum atomic E-state index is 13.6. The van der Waals surface area contributed by atoms with Gasteiger partial charge in [0.1, 0.15) is 17.8 Å². The molecule has 2 aliphatic rings. The Morgan fingerprint density at radius 3 is 2.68 bits per heavy atom. The molecule has 3 atom stereocenters. The van der Waals surface area contributed by atoms with Crippen LogP contribution in [0.4, 0.5) is 4.79 Å². The van der Waals surface area contributed by atoms with Gasteiger partial charge in [0.15, 0.2) is 0 Å². The molecule has 2 aromatic carbocycles. The van der Waals surface area contributed by atoms with Gasteiger partial charge in [0.05, 0.1) is 13.2 Å². The minimum absolute atomic E-state index is 0.0631. The Balaban J connectivity index is 1.55. The van der Waals surface area contributed by atoms with Crippen LogP contribution in [0.3, 0.4) is 0 Å². The molecule has 0 aliphatic carbocycles. The number of hydrogen-bond acceptors (Lipinski definition) is 6. The molecule has 1 fully saturated rings. The number of nitrogens with one attached hydrogen (secondary N) is 3. The quantitative estimate of drug-likeness (QED) is 0.409. The van der Waals surface area contributed by atoms with E-state index < -0.39 is 24.1 Å². The van der Waals surface area contributed by atoms with Gasteiger partial charge in [-0.25, -0.2) is 4.79 Å². The molecule has 0 saturated carbocycles. The van der Waals surface area contributed by atoms with Gasteiger partial charge < -0.3 is 30.3 Å². The van der Waals surface area contributed by atoms with E-state index in [1.807, 2.05) is 67.3 Å². The van der Waals surface area contributed by atoms with Crippen molar-refractivity contribution in [1.29, 1.82) is 0 Å². The van der Waals surface area contributed by atoms with Crippen LogP contribution in [0, 0.1) is 12.8 Å². The molecule has 2 aliphatic heterocycles. The van der Waals surface area contributed by atoms with E-state index in [1.165, 1.54) is 0 Å². The van der Waals surface area contributed by atoms with Crippen molar-refractivity contribution in [3.05, 3.63) is 65.2 Å². The highest BCUT2D eigenvalue weighted by atomic mass is 16.5. The predicted octanol–water partition coefficient (Wildman–Crippen LogP) is 4.03. The molecule has 10 nitrogen and oxygen atoms in total. The first-order valence-corrected chi connectivity index (χ1v) is 15.9. The van der Waals surface area contributed by atoms with Gasteiger partial charge in [-0.2, -0.15) is 0 Å². The van der Waals surface area contributed by atoms with Crippen molar-refractivity contribution < 1.29 is 28.7 Å². The number of benzene rings is 2. The minimum atomic E-state index is -1.03. The highest BCUT2D eigenvalue weighted by Crippen LogP contribution is 2.23. The summed E-state index contributed by atoms with van der Waals surface area (Å²) in [6, 6.07) is 13.7. The van der Waals surface area contributed by atoms with E-state index >= 15 is 0 Å². The van der Waals surface area contributed by atoms with Crippen molar-refractivity contribution in [1.82, 2.24) is 20.9 Å². The monoisotopic (exact) mass is 606 g/mol. The van der Waals surface area contributed by atoms with Crippen molar-refractivity contribution in [3.8, 4) is 5.75 Å². The molecule has 0 spiro atoms. The van der Waals surface area contributed by atoms with Crippen LogP contribution >= 0.6 is 0 Å². The van der Waals surface area contributed by atoms with Gasteiger partial charge in [-0.15, -0.1) is 0 Å². The summed E-state index contributed by atoms with van der Waals surface area (Å²) in [6.45, 7) is 6.31. The smallest absolute Gasteiger partial charge is 0.407 e. The Morgan fingerprint density at radius 2 is 1.89 bits per heavy atom. The zero-order chi connectivity index (χ0) is 31.3. The number of fused-ring (bicyclic) bond motifs is 4. The van der Waals surface area contributed by atoms with Gasteiger partial charge in [0, 0.05) is 26.1 Å². The van der Waals surface area contributed by atoms with E-state index in [0.717, 1.165) is 41.7 Å². The Hall–Kier alpha value is -4.08. The fourth-order valence-corrected chi connectivity index (χ4v) is 5.56. The lowest BCUT2D eigenvalue weighted by Gasteiger charge is -2.24. The first kappa shape index (κ1) is 32.8. The number of hydrogen-bond donors (Lipinski definition) is 3. The molecule has 0 radical (unpaired) electrons. The van der Waals surface area contributed by atoms with Crippen molar-refractivity contribution in [2.24, 2.45) is 5.92 Å². The number of aryl methyl sites for hydroxylation is 2. The summed E-state index contributed by atoms with van der Waals surface area (Å²) in [6.07, 6.45) is 3.66. The van der Waals surface area contributed by atoms with E-state index in [2.05, 4.69) is 16.0 Å². The number of rotatable bonds is 7. The van der Waals surface area contributed by atoms with Crippen molar-refractivity contribution >= 4 is 23.8 Å². The largest absolute Gasteiger partial charge is 0.494 e. The van der Waals surface area contributed by atoms with E-state index in [0.29, 0.717) is 44.9 Å². The van der Waals surface area contributed by atoms with Crippen LogP contribution in [0.2, 0.25) is 0 Å². The Kier molecular flexibility index (Phi) is 12.4. The topological polar surface area (TPSA) is 126 Å². The van der Waals surface area contributed by atoms with E-state index in [1.54, 1.807) is 0 Å². The zero-order valence-electron chi connectivity index (χ0n) is 25.9. The summed E-state index contributed by atoms with van der Waals surface area (Å²) in [5, 5.41) is 8.51. The van der Waals surface area contributed by atoms with E-state index in [-0.39, 0.29) is 37.8 Å². The summed E-state index contributed by atoms with van der Waals surface area (Å²) in [7, 11) is 0. The van der Waals surface area contributed by atoms with Crippen LogP contribution in [0.5, 0.6) is 5.75 Å². The number of amides is 4. The van der Waals surface area contributed by atoms with Crippen LogP contribution in [-0.2, 0) is 32.1 Å². The van der Waals surface area contributed by atoms with Gasteiger partial charge >= 0.3 is 6.09 Å². The van der Waals surface area contributed by atoms with Gasteiger partial charge in [0.25, 0.3) is 0 Å². The summed E-state index contributed by atoms with van der Waals surface area (Å²) in [4.78, 5) is 54.7. The number of nitrogens with zero attached hydrogens (tertiary/aromatic N) is 1. The molecule has 238 valence electrons. The second-order valence-electron chi connectivity index (χ2n) is 11.7. The third-order valence-corrected chi connectivity index (χ3v) is 8.39. The standard InChI is InChI=1S/C34H46N4O6/c1-3-4-19-44-34(42)37-30-14-15-31(39)38-18-16-26(23-38)17-20-43-28-12-10-24(2)27(21-28)22-35-32(40)29(36-33(30)41)13-11-25-8-6-5-7-9-25/h5-10,12,21,26,29-30H,3-4,11,13-20,22-23H2,1-2H3,(H,35,40)(H,36,41)(H,37,42)/t26?,29-,30-/m0/s1. The molecule has 2 heterocycles. The van der Waals surface area contributed by atoms with Crippen LogP contribution in [0.25, 0.3) is 0 Å². The molecule has 10 heteroatoms. The molecule has 4 bridgehead atoms. The van der Waals surface area contributed by atoms with Crippen LogP contribution in [-0.4, -0.2) is 67.1 Å². The highest BCUT2D eigenvalue weighted by Gasteiger charge is 2.30. The van der Waals surface area contributed by atoms with Crippen LogP contribution in [0.1, 0.15) is 68.6 Å². The number of carbonyl (C=O) groups is 4. The molecule has 1 unspecified atom stereocenters. The van der Waals surface area contributed by atoms with Crippen molar-refractivity contribution in [2.45, 2.75) is 83.8 Å². The summed E-state index contributed by atoms with van der Waals surface area (Å²) in [5.74, 6) is 0.148. The third-order valence-electron chi connectivity index (χ3n) is 8.39.